The van der Waals surface area contributed by atoms with Crippen molar-refractivity contribution in [2.45, 2.75) is 76.6 Å². The number of fused-ring (bicyclic) bond motifs is 1. The van der Waals surface area contributed by atoms with Crippen LogP contribution < -0.4 is 16.0 Å². The summed E-state index contributed by atoms with van der Waals surface area (Å²) in [5.41, 5.74) is 7.20. The summed E-state index contributed by atoms with van der Waals surface area (Å²) < 4.78 is 40.7. The number of primary amides is 1. The molecule has 0 radical (unpaired) electrons. The van der Waals surface area contributed by atoms with Gasteiger partial charge in [-0.05, 0) is 80.4 Å². The van der Waals surface area contributed by atoms with E-state index in [1.54, 1.807) is 4.90 Å². The van der Waals surface area contributed by atoms with Crippen LogP contribution in [0.5, 0.6) is 0 Å². The Kier molecular flexibility index (Phi) is 8.41. The highest BCUT2D eigenvalue weighted by molar-refractivity contribution is 6.02. The molecule has 3 aliphatic heterocycles. The molecule has 4 aliphatic rings. The minimum absolute atomic E-state index is 0.0975. The average molecular weight is 638 g/mol. The lowest BCUT2D eigenvalue weighted by Gasteiger charge is -2.48. The summed E-state index contributed by atoms with van der Waals surface area (Å²) in [7, 11) is 0. The number of Topliss-reactive ketones (excluding diaryl/α,β-unsaturated/α-hetero) is 1. The van der Waals surface area contributed by atoms with Crippen molar-refractivity contribution in [2.24, 2.45) is 11.1 Å². The van der Waals surface area contributed by atoms with E-state index in [2.05, 4.69) is 10.2 Å². The number of allylic oxidation sites excluding steroid dienone is 1. The third-order valence-corrected chi connectivity index (χ3v) is 10.2. The molecule has 2 fully saturated rings. The number of likely N-dealkylation sites (tertiary alicyclic amines) is 2. The quantitative estimate of drug-likeness (QED) is 0.440. The second-order valence-corrected chi connectivity index (χ2v) is 13.9. The Balaban J connectivity index is 1.36. The first-order valence-electron chi connectivity index (χ1n) is 16.2. The number of nitrogens with one attached hydrogen (secondary N) is 1. The highest BCUT2D eigenvalue weighted by Gasteiger charge is 2.47. The van der Waals surface area contributed by atoms with Gasteiger partial charge >= 0.3 is 6.18 Å². The molecule has 0 aromatic heterocycles. The standard InChI is InChI=1S/C35H42F3N5O3/c1-33(2)20-26-30(28(44)21-33)31(23-10-12-24(13-11-23)35(36,37)38)43(27-9-5-4-8-25(27)40-26)22-29(45)41-18-14-34(15-19-41,32(39)46)42-16-6-3-7-17-42/h4-5,8-13,31,40H,3,6-7,14-22H2,1-2H3,(H2,39,46). The third-order valence-electron chi connectivity index (χ3n) is 10.2. The highest BCUT2D eigenvalue weighted by Crippen LogP contribution is 2.48. The average Bonchev–Trinajstić information content (AvgIpc) is 3.15. The molecule has 6 rings (SSSR count). The first-order chi connectivity index (χ1) is 21.8. The zero-order chi connectivity index (χ0) is 32.9. The number of halogens is 3. The third kappa shape index (κ3) is 6.01. The van der Waals surface area contributed by atoms with Crippen LogP contribution in [0.2, 0.25) is 0 Å². The number of benzene rings is 2. The van der Waals surface area contributed by atoms with Crippen LogP contribution in [0.15, 0.2) is 59.8 Å². The normalized spacial score (nSPS) is 23.2. The molecule has 2 aromatic rings. The van der Waals surface area contributed by atoms with Gasteiger partial charge in [-0.3, -0.25) is 19.3 Å². The van der Waals surface area contributed by atoms with E-state index in [4.69, 9.17) is 5.73 Å². The number of carbonyl (C=O) groups excluding carboxylic acids is 3. The number of hydrogen-bond acceptors (Lipinski definition) is 6. The molecule has 2 amide bonds. The van der Waals surface area contributed by atoms with E-state index >= 15 is 0 Å². The van der Waals surface area contributed by atoms with E-state index in [1.165, 1.54) is 12.1 Å². The zero-order valence-electron chi connectivity index (χ0n) is 26.5. The second-order valence-electron chi connectivity index (χ2n) is 13.9. The number of nitrogens with zero attached hydrogens (tertiary/aromatic N) is 3. The largest absolute Gasteiger partial charge is 0.416 e. The first kappa shape index (κ1) is 32.1. The number of hydrogen-bond donors (Lipinski definition) is 2. The number of para-hydroxylation sites is 2. The minimum atomic E-state index is -4.51. The van der Waals surface area contributed by atoms with Gasteiger partial charge in [0.05, 0.1) is 29.5 Å². The summed E-state index contributed by atoms with van der Waals surface area (Å²) in [4.78, 5) is 46.7. The summed E-state index contributed by atoms with van der Waals surface area (Å²) in [6.07, 6.45) is 0.372. The van der Waals surface area contributed by atoms with Crippen molar-refractivity contribution >= 4 is 29.0 Å². The van der Waals surface area contributed by atoms with E-state index in [9.17, 15) is 27.6 Å². The summed E-state index contributed by atoms with van der Waals surface area (Å²) in [5, 5.41) is 3.48. The Bertz CT molecular complexity index is 1540. The van der Waals surface area contributed by atoms with Gasteiger partial charge in [0.1, 0.15) is 5.54 Å². The molecule has 0 spiro atoms. The van der Waals surface area contributed by atoms with E-state index in [0.29, 0.717) is 49.2 Å². The molecule has 2 saturated heterocycles. The van der Waals surface area contributed by atoms with Gasteiger partial charge in [0.25, 0.3) is 0 Å². The van der Waals surface area contributed by atoms with Crippen molar-refractivity contribution in [3.63, 3.8) is 0 Å². The molecule has 246 valence electrons. The molecule has 11 heteroatoms. The Labute approximate surface area is 267 Å². The smallest absolute Gasteiger partial charge is 0.368 e. The van der Waals surface area contributed by atoms with Crippen molar-refractivity contribution in [3.05, 3.63) is 70.9 Å². The lowest BCUT2D eigenvalue weighted by atomic mass is 9.73. The fourth-order valence-electron chi connectivity index (χ4n) is 7.84. The SMILES string of the molecule is CC1(C)CC(=O)C2=C(C1)Nc1ccccc1N(CC(=O)N1CCC(C(N)=O)(N3CCCCC3)CC1)C2c1ccc(C(F)(F)F)cc1. The maximum atomic E-state index is 14.1. The molecule has 3 heterocycles. The van der Waals surface area contributed by atoms with Gasteiger partial charge in [0.15, 0.2) is 5.78 Å². The van der Waals surface area contributed by atoms with Crippen molar-refractivity contribution in [1.82, 2.24) is 9.80 Å². The van der Waals surface area contributed by atoms with Gasteiger partial charge < -0.3 is 20.9 Å². The lowest BCUT2D eigenvalue weighted by Crippen LogP contribution is -2.64. The van der Waals surface area contributed by atoms with Crippen LogP contribution in [0.1, 0.15) is 76.0 Å². The molecule has 46 heavy (non-hydrogen) atoms. The van der Waals surface area contributed by atoms with E-state index in [1.807, 2.05) is 43.0 Å². The molecule has 8 nitrogen and oxygen atoms in total. The number of ketones is 1. The Hall–Kier alpha value is -3.86. The van der Waals surface area contributed by atoms with E-state index < -0.39 is 23.3 Å². The number of nitrogens with two attached hydrogens (primary N) is 1. The lowest BCUT2D eigenvalue weighted by molar-refractivity contribution is -0.141. The Morgan fingerprint density at radius 3 is 2.22 bits per heavy atom. The number of amides is 2. The van der Waals surface area contributed by atoms with Gasteiger partial charge in [0.2, 0.25) is 11.8 Å². The van der Waals surface area contributed by atoms with Gasteiger partial charge in [-0.25, -0.2) is 0 Å². The summed E-state index contributed by atoms with van der Waals surface area (Å²) >= 11 is 0. The maximum Gasteiger partial charge on any atom is 0.416 e. The highest BCUT2D eigenvalue weighted by atomic mass is 19.4. The molecule has 1 aliphatic carbocycles. The number of alkyl halides is 3. The number of anilines is 2. The topological polar surface area (TPSA) is 99.0 Å². The Morgan fingerprint density at radius 1 is 0.935 bits per heavy atom. The fraction of sp³-hybridized carbons (Fsp3) is 0.514. The molecule has 3 N–H and O–H groups in total. The molecule has 2 aromatic carbocycles. The van der Waals surface area contributed by atoms with Gasteiger partial charge in [-0.2, -0.15) is 13.2 Å². The zero-order valence-corrected chi connectivity index (χ0v) is 26.5. The second kappa shape index (κ2) is 12.1. The van der Waals surface area contributed by atoms with Crippen LogP contribution >= 0.6 is 0 Å². The molecular weight excluding hydrogens is 595 g/mol. The number of piperidine rings is 2. The monoisotopic (exact) mass is 637 g/mol. The van der Waals surface area contributed by atoms with Crippen molar-refractivity contribution in [2.75, 3.05) is 42.9 Å². The van der Waals surface area contributed by atoms with Gasteiger partial charge in [-0.15, -0.1) is 0 Å². The van der Waals surface area contributed by atoms with E-state index in [0.717, 1.165) is 55.9 Å². The molecule has 0 bridgehead atoms. The predicted molar refractivity (Wildman–Crippen MR) is 170 cm³/mol. The summed E-state index contributed by atoms with van der Waals surface area (Å²) in [5.74, 6) is -0.634. The van der Waals surface area contributed by atoms with Crippen LogP contribution in [0, 0.1) is 5.41 Å². The van der Waals surface area contributed by atoms with Crippen LogP contribution in [0.25, 0.3) is 0 Å². The van der Waals surface area contributed by atoms with E-state index in [-0.39, 0.29) is 36.0 Å². The number of carbonyl (C=O) groups is 3. The van der Waals surface area contributed by atoms with Gasteiger partial charge in [-0.1, -0.05) is 44.5 Å². The van der Waals surface area contributed by atoms with Crippen LogP contribution in [-0.2, 0) is 20.6 Å². The predicted octanol–water partition coefficient (Wildman–Crippen LogP) is 5.65. The fourth-order valence-corrected chi connectivity index (χ4v) is 7.84. The van der Waals surface area contributed by atoms with Crippen molar-refractivity contribution in [1.29, 1.82) is 0 Å². The molecule has 1 atom stereocenters. The molecular formula is C35H42F3N5O3. The minimum Gasteiger partial charge on any atom is -0.368 e. The first-order valence-corrected chi connectivity index (χ1v) is 16.2. The van der Waals surface area contributed by atoms with Crippen LogP contribution in [-0.4, -0.2) is 65.7 Å². The summed E-state index contributed by atoms with van der Waals surface area (Å²) in [6.45, 7) is 6.28. The van der Waals surface area contributed by atoms with Crippen LogP contribution in [0.3, 0.4) is 0 Å². The van der Waals surface area contributed by atoms with Crippen molar-refractivity contribution in [3.8, 4) is 0 Å². The van der Waals surface area contributed by atoms with Crippen LogP contribution in [0.4, 0.5) is 24.5 Å². The number of rotatable bonds is 5. The Morgan fingerprint density at radius 2 is 1.59 bits per heavy atom. The van der Waals surface area contributed by atoms with Crippen molar-refractivity contribution < 1.29 is 27.6 Å². The maximum absolute atomic E-state index is 14.1. The summed E-state index contributed by atoms with van der Waals surface area (Å²) in [6, 6.07) is 11.6. The van der Waals surface area contributed by atoms with Gasteiger partial charge in [0, 0.05) is 30.8 Å². The molecule has 1 unspecified atom stereocenters. The molecule has 0 saturated carbocycles.